The number of hydrogen-bond acceptors (Lipinski definition) is 4. The highest BCUT2D eigenvalue weighted by molar-refractivity contribution is 7.91. The highest BCUT2D eigenvalue weighted by Gasteiger charge is 2.44. The fourth-order valence-corrected chi connectivity index (χ4v) is 5.60. The van der Waals surface area contributed by atoms with Crippen LogP contribution in [0.3, 0.4) is 0 Å². The summed E-state index contributed by atoms with van der Waals surface area (Å²) in [6.07, 6.45) is 4.74. The summed E-state index contributed by atoms with van der Waals surface area (Å²) in [6.45, 7) is 3.88. The van der Waals surface area contributed by atoms with Crippen molar-refractivity contribution in [1.29, 1.82) is 0 Å². The average molecular weight is 280 g/mol. The Morgan fingerprint density at radius 2 is 2.21 bits per heavy atom. The second-order valence-corrected chi connectivity index (χ2v) is 8.24. The summed E-state index contributed by atoms with van der Waals surface area (Å²) in [4.78, 5) is 6.69. The Bertz CT molecular complexity index is 585. The minimum Gasteiger partial charge on any atom is -0.356 e. The molecule has 2 aliphatic heterocycles. The summed E-state index contributed by atoms with van der Waals surface area (Å²) in [6, 6.07) is 4.08. The fourth-order valence-electron chi connectivity index (χ4n) is 3.40. The zero-order chi connectivity index (χ0) is 13.5. The van der Waals surface area contributed by atoms with Crippen LogP contribution < -0.4 is 4.90 Å². The number of aryl methyl sites for hydroxylation is 1. The van der Waals surface area contributed by atoms with Crippen LogP contribution in [0.2, 0.25) is 0 Å². The van der Waals surface area contributed by atoms with Crippen LogP contribution in [0.5, 0.6) is 0 Å². The summed E-state index contributed by atoms with van der Waals surface area (Å²) < 4.78 is 23.5. The van der Waals surface area contributed by atoms with E-state index in [0.717, 1.165) is 38.2 Å². The molecule has 104 valence electrons. The molecule has 0 amide bonds. The van der Waals surface area contributed by atoms with Gasteiger partial charge in [0.05, 0.1) is 11.5 Å². The van der Waals surface area contributed by atoms with E-state index < -0.39 is 9.84 Å². The van der Waals surface area contributed by atoms with E-state index in [1.807, 2.05) is 12.3 Å². The van der Waals surface area contributed by atoms with E-state index in [4.69, 9.17) is 0 Å². The molecule has 3 rings (SSSR count). The molecule has 1 unspecified atom stereocenters. The van der Waals surface area contributed by atoms with Crippen molar-refractivity contribution in [3.05, 3.63) is 23.9 Å². The maximum atomic E-state index is 11.8. The van der Waals surface area contributed by atoms with E-state index in [1.54, 1.807) is 0 Å². The van der Waals surface area contributed by atoms with E-state index in [9.17, 15) is 8.42 Å². The van der Waals surface area contributed by atoms with Crippen LogP contribution in [0.25, 0.3) is 0 Å². The molecule has 1 aromatic rings. The Labute approximate surface area is 114 Å². The molecule has 3 heterocycles. The quantitative estimate of drug-likeness (QED) is 0.787. The monoisotopic (exact) mass is 280 g/mol. The van der Waals surface area contributed by atoms with Crippen LogP contribution in [0.1, 0.15) is 24.8 Å². The van der Waals surface area contributed by atoms with Crippen LogP contribution in [0, 0.1) is 12.3 Å². The van der Waals surface area contributed by atoms with Crippen LogP contribution >= 0.6 is 0 Å². The van der Waals surface area contributed by atoms with Gasteiger partial charge in [-0.2, -0.15) is 0 Å². The molecule has 1 aromatic heterocycles. The molecule has 0 N–H and O–H groups in total. The van der Waals surface area contributed by atoms with Crippen molar-refractivity contribution in [3.63, 3.8) is 0 Å². The Balaban J connectivity index is 1.83. The topological polar surface area (TPSA) is 50.3 Å². The number of nitrogens with zero attached hydrogens (tertiary/aromatic N) is 2. The highest BCUT2D eigenvalue weighted by Crippen LogP contribution is 2.41. The van der Waals surface area contributed by atoms with E-state index >= 15 is 0 Å². The third-order valence-corrected chi connectivity index (χ3v) is 6.23. The summed E-state index contributed by atoms with van der Waals surface area (Å²) in [5, 5.41) is 0. The van der Waals surface area contributed by atoms with Gasteiger partial charge in [-0.05, 0) is 43.9 Å². The minimum absolute atomic E-state index is 0.0253. The molecule has 1 spiro atoms. The predicted molar refractivity (Wildman–Crippen MR) is 76.1 cm³/mol. The first-order valence-corrected chi connectivity index (χ1v) is 8.68. The van der Waals surface area contributed by atoms with Gasteiger partial charge in [0.25, 0.3) is 0 Å². The van der Waals surface area contributed by atoms with Gasteiger partial charge in [0.15, 0.2) is 9.84 Å². The molecule has 2 aliphatic rings. The summed E-state index contributed by atoms with van der Waals surface area (Å²) in [7, 11) is -2.82. The number of pyridine rings is 1. The molecule has 0 aromatic carbocycles. The first kappa shape index (κ1) is 12.9. The van der Waals surface area contributed by atoms with Gasteiger partial charge >= 0.3 is 0 Å². The van der Waals surface area contributed by atoms with Gasteiger partial charge in [-0.1, -0.05) is 0 Å². The van der Waals surface area contributed by atoms with Crippen molar-refractivity contribution < 1.29 is 8.42 Å². The van der Waals surface area contributed by atoms with E-state index in [2.05, 4.69) is 22.9 Å². The summed E-state index contributed by atoms with van der Waals surface area (Å²) >= 11 is 0. The number of rotatable bonds is 1. The first-order valence-electron chi connectivity index (χ1n) is 6.86. The van der Waals surface area contributed by atoms with Crippen molar-refractivity contribution in [2.45, 2.75) is 26.2 Å². The lowest BCUT2D eigenvalue weighted by atomic mass is 9.79. The maximum absolute atomic E-state index is 11.8. The van der Waals surface area contributed by atoms with Gasteiger partial charge in [-0.15, -0.1) is 0 Å². The van der Waals surface area contributed by atoms with Gasteiger partial charge in [0.2, 0.25) is 0 Å². The zero-order valence-electron chi connectivity index (χ0n) is 11.3. The normalized spacial score (nSPS) is 29.8. The summed E-state index contributed by atoms with van der Waals surface area (Å²) in [5.74, 6) is 1.72. The third-order valence-electron chi connectivity index (χ3n) is 4.36. The number of sulfone groups is 1. The molecule has 0 radical (unpaired) electrons. The van der Waals surface area contributed by atoms with Crippen molar-refractivity contribution >= 4 is 15.7 Å². The summed E-state index contributed by atoms with van der Waals surface area (Å²) in [5.41, 5.74) is 1.17. The molecule has 0 bridgehead atoms. The van der Waals surface area contributed by atoms with Crippen molar-refractivity contribution in [2.24, 2.45) is 5.41 Å². The lowest BCUT2D eigenvalue weighted by molar-refractivity contribution is 0.269. The van der Waals surface area contributed by atoms with E-state index in [-0.39, 0.29) is 5.41 Å². The van der Waals surface area contributed by atoms with Gasteiger partial charge in [0, 0.05) is 24.7 Å². The molecule has 4 nitrogen and oxygen atoms in total. The molecule has 19 heavy (non-hydrogen) atoms. The van der Waals surface area contributed by atoms with Gasteiger partial charge in [-0.3, -0.25) is 0 Å². The Morgan fingerprint density at radius 1 is 1.37 bits per heavy atom. The molecule has 2 saturated heterocycles. The molecular formula is C14H20N2O2S. The van der Waals surface area contributed by atoms with Crippen molar-refractivity contribution in [3.8, 4) is 0 Å². The molecule has 0 saturated carbocycles. The molecule has 1 atom stereocenters. The number of hydrogen-bond donors (Lipinski definition) is 0. The van der Waals surface area contributed by atoms with Gasteiger partial charge < -0.3 is 4.90 Å². The lowest BCUT2D eigenvalue weighted by Crippen LogP contribution is -2.44. The predicted octanol–water partition coefficient (Wildman–Crippen LogP) is 1.80. The number of anilines is 1. The standard InChI is InChI=1S/C14H20N2O2S/c1-12-3-6-15-13(9-12)16-7-2-4-14(10-16)5-8-19(17,18)11-14/h3,6,9H,2,4-5,7-8,10-11H2,1H3. The van der Waals surface area contributed by atoms with Crippen molar-refractivity contribution in [2.75, 3.05) is 29.5 Å². The Hall–Kier alpha value is -1.10. The van der Waals surface area contributed by atoms with Crippen LogP contribution in [-0.4, -0.2) is 38.0 Å². The van der Waals surface area contributed by atoms with Crippen LogP contribution in [0.4, 0.5) is 5.82 Å². The SMILES string of the molecule is Cc1ccnc(N2CCCC3(CCS(=O)(=O)C3)C2)c1. The molecule has 2 fully saturated rings. The smallest absolute Gasteiger partial charge is 0.150 e. The molecule has 0 aliphatic carbocycles. The second kappa shape index (κ2) is 4.47. The molecule has 5 heteroatoms. The van der Waals surface area contributed by atoms with Crippen molar-refractivity contribution in [1.82, 2.24) is 4.98 Å². The molecular weight excluding hydrogens is 260 g/mol. The largest absolute Gasteiger partial charge is 0.356 e. The van der Waals surface area contributed by atoms with Crippen LogP contribution in [0.15, 0.2) is 18.3 Å². The number of piperidine rings is 1. The highest BCUT2D eigenvalue weighted by atomic mass is 32.2. The number of aromatic nitrogens is 1. The Kier molecular flexibility index (Phi) is 3.04. The second-order valence-electron chi connectivity index (χ2n) is 6.06. The first-order chi connectivity index (χ1) is 8.98. The van der Waals surface area contributed by atoms with Gasteiger partial charge in [0.1, 0.15) is 5.82 Å². The maximum Gasteiger partial charge on any atom is 0.150 e. The van der Waals surface area contributed by atoms with Crippen LogP contribution in [-0.2, 0) is 9.84 Å². The van der Waals surface area contributed by atoms with E-state index in [0.29, 0.717) is 11.5 Å². The lowest BCUT2D eigenvalue weighted by Gasteiger charge is -2.40. The Morgan fingerprint density at radius 3 is 2.89 bits per heavy atom. The van der Waals surface area contributed by atoms with Gasteiger partial charge in [-0.25, -0.2) is 13.4 Å². The third kappa shape index (κ3) is 2.61. The fraction of sp³-hybridized carbons (Fsp3) is 0.643. The average Bonchev–Trinajstić information content (AvgIpc) is 2.65. The zero-order valence-corrected chi connectivity index (χ0v) is 12.1. The minimum atomic E-state index is -2.82. The van der Waals surface area contributed by atoms with E-state index in [1.165, 1.54) is 5.56 Å².